The second-order valence-corrected chi connectivity index (χ2v) is 28.0. The molecule has 644 valence electrons. The fourth-order valence-corrected chi connectivity index (χ4v) is 13.9. The number of amides is 4. The number of rotatable bonds is 32. The number of hydrogen-bond donors (Lipinski definition) is 29. The molecule has 8 saturated heterocycles. The van der Waals surface area contributed by atoms with Crippen LogP contribution in [-0.4, -0.2) is 481 Å². The molecule has 8 heterocycles. The summed E-state index contributed by atoms with van der Waals surface area (Å²) in [6.45, 7) is -4.83. The molecular weight excluding hydrogens is 1520 g/mol. The number of carbonyl (C=O) groups excluding carboxylic acids is 4. The lowest BCUT2D eigenvalue weighted by molar-refractivity contribution is -0.398. The second-order valence-electron chi connectivity index (χ2n) is 28.0. The van der Waals surface area contributed by atoms with Gasteiger partial charge in [0.25, 0.3) is 0 Å². The van der Waals surface area contributed by atoms with Gasteiger partial charge in [-0.15, -0.1) is 0 Å². The number of ether oxygens (including phenoxy) is 16. The minimum Gasteiger partial charge on any atom is -0.394 e. The summed E-state index contributed by atoms with van der Waals surface area (Å²) < 4.78 is 94.5. The van der Waals surface area contributed by atoms with Gasteiger partial charge < -0.3 is 225 Å². The predicted octanol–water partition coefficient (Wildman–Crippen LogP) is -19.4. The SMILES string of the molecule is CC(=O)N[C@H]1[C@H](O[C@@H]([C@H](O)[C@H](CO)NC(C)=O)[C@H](O)CO[C@@H]2O[C@@H](C)[C@@H](O)[C@@H](O)[C@@H]2O)O[C@H](CO)[C@@H](O[C@@H]2O[C@H](CO[C@H]3O[C@H](CO)[C@@H](O)[C@H](O)[C@@H]3O[C@@H]3O[C@H](CO)[C@@H](O)[C@H](O)[C@H]3NC(C)=O)[C@@H](O)[C@H](O[C@H]3O[C@H](CO)[C@@H](O)[C@H](O)[C@@H]3O[C@@H]3O[C@H](CO)[C@@H](O[C@@H]4O[C@H](CO)[C@H](O)[C@H](O)[C@H]4O)[C@H](O)[C@H]3NC(C)=O)[C@@H]2O)[C@@H]1O. The highest BCUT2D eigenvalue weighted by atomic mass is 16.8. The van der Waals surface area contributed by atoms with Crippen LogP contribution in [0, 0.1) is 0 Å². The first-order valence-electron chi connectivity index (χ1n) is 35.4. The zero-order chi connectivity index (χ0) is 82.2. The van der Waals surface area contributed by atoms with Crippen LogP contribution in [-0.2, 0) is 95.0 Å². The molecule has 29 N–H and O–H groups in total. The summed E-state index contributed by atoms with van der Waals surface area (Å²) in [6, 6.07) is -7.47. The maximum atomic E-state index is 13.1. The molecule has 49 nitrogen and oxygen atoms in total. The van der Waals surface area contributed by atoms with Crippen molar-refractivity contribution in [3.05, 3.63) is 0 Å². The van der Waals surface area contributed by atoms with Crippen LogP contribution in [0.5, 0.6) is 0 Å². The lowest BCUT2D eigenvalue weighted by Crippen LogP contribution is -2.70. The van der Waals surface area contributed by atoms with Gasteiger partial charge in [0.1, 0.15) is 207 Å². The molecule has 0 radical (unpaired) electrons. The molecule has 0 aromatic heterocycles. The molecule has 44 atom stereocenters. The summed E-state index contributed by atoms with van der Waals surface area (Å²) in [5.41, 5.74) is 0. The zero-order valence-corrected chi connectivity index (χ0v) is 60.1. The third-order valence-electron chi connectivity index (χ3n) is 20.0. The maximum Gasteiger partial charge on any atom is 0.217 e. The summed E-state index contributed by atoms with van der Waals surface area (Å²) in [4.78, 5) is 50.8. The average Bonchev–Trinajstić information content (AvgIpc) is 0.771. The first-order valence-corrected chi connectivity index (χ1v) is 35.4. The van der Waals surface area contributed by atoms with Crippen molar-refractivity contribution in [2.75, 3.05) is 59.5 Å². The monoisotopic (exact) mass is 1630 g/mol. The Morgan fingerprint density at radius 1 is 0.333 bits per heavy atom. The highest BCUT2D eigenvalue weighted by Crippen LogP contribution is 2.39. The van der Waals surface area contributed by atoms with E-state index in [1.807, 2.05) is 0 Å². The Morgan fingerprint density at radius 3 is 1.18 bits per heavy atom. The van der Waals surface area contributed by atoms with E-state index in [1.165, 1.54) is 6.92 Å². The predicted molar refractivity (Wildman–Crippen MR) is 344 cm³/mol. The van der Waals surface area contributed by atoms with Gasteiger partial charge in [0.15, 0.2) is 50.3 Å². The van der Waals surface area contributed by atoms with Crippen LogP contribution in [0.15, 0.2) is 0 Å². The van der Waals surface area contributed by atoms with E-state index in [4.69, 9.17) is 75.8 Å². The van der Waals surface area contributed by atoms with Gasteiger partial charge in [0.05, 0.1) is 71.6 Å². The van der Waals surface area contributed by atoms with Gasteiger partial charge in [-0.3, -0.25) is 19.2 Å². The smallest absolute Gasteiger partial charge is 0.217 e. The van der Waals surface area contributed by atoms with Crippen LogP contribution >= 0.6 is 0 Å². The molecule has 8 aliphatic heterocycles. The molecule has 0 unspecified atom stereocenters. The summed E-state index contributed by atoms with van der Waals surface area (Å²) in [5, 5.41) is 287. The number of nitrogens with one attached hydrogen (secondary N) is 4. The first-order chi connectivity index (χ1) is 52.4. The van der Waals surface area contributed by atoms with Gasteiger partial charge in [0, 0.05) is 27.7 Å². The Bertz CT molecular complexity index is 2900. The van der Waals surface area contributed by atoms with E-state index in [9.17, 15) is 147 Å². The number of aliphatic hydroxyl groups excluding tert-OH is 25. The van der Waals surface area contributed by atoms with E-state index in [2.05, 4.69) is 21.3 Å². The fraction of sp³-hybridized carbons (Fsp3) is 0.935. The largest absolute Gasteiger partial charge is 0.394 e. The Labute approximate surface area is 629 Å². The quantitative estimate of drug-likeness (QED) is 0.0297. The Hall–Kier alpha value is -3.76. The number of carbonyl (C=O) groups is 4. The lowest BCUT2D eigenvalue weighted by atomic mass is 9.94. The van der Waals surface area contributed by atoms with Crippen molar-refractivity contribution in [2.24, 2.45) is 0 Å². The van der Waals surface area contributed by atoms with E-state index in [0.29, 0.717) is 0 Å². The van der Waals surface area contributed by atoms with E-state index in [0.717, 1.165) is 27.7 Å². The van der Waals surface area contributed by atoms with Crippen molar-refractivity contribution in [1.29, 1.82) is 0 Å². The Kier molecular flexibility index (Phi) is 34.3. The molecule has 0 aromatic carbocycles. The van der Waals surface area contributed by atoms with Crippen LogP contribution in [0.2, 0.25) is 0 Å². The third-order valence-corrected chi connectivity index (χ3v) is 20.0. The van der Waals surface area contributed by atoms with E-state index >= 15 is 0 Å². The minimum absolute atomic E-state index is 0.849. The van der Waals surface area contributed by atoms with Gasteiger partial charge in [-0.2, -0.15) is 0 Å². The normalized spacial score (nSPS) is 46.3. The molecule has 4 amide bonds. The van der Waals surface area contributed by atoms with Gasteiger partial charge in [-0.05, 0) is 6.92 Å². The van der Waals surface area contributed by atoms with Gasteiger partial charge in [-0.1, -0.05) is 0 Å². The summed E-state index contributed by atoms with van der Waals surface area (Å²) in [6.07, 6.45) is -83.0. The van der Waals surface area contributed by atoms with Crippen LogP contribution in [0.4, 0.5) is 0 Å². The molecule has 0 bridgehead atoms. The van der Waals surface area contributed by atoms with Crippen molar-refractivity contribution >= 4 is 23.6 Å². The van der Waals surface area contributed by atoms with Crippen molar-refractivity contribution in [1.82, 2.24) is 21.3 Å². The molecular formula is C62H106N4O45. The minimum atomic E-state index is -2.60. The average molecular weight is 1630 g/mol. The van der Waals surface area contributed by atoms with Gasteiger partial charge in [0.2, 0.25) is 23.6 Å². The lowest BCUT2D eigenvalue weighted by Gasteiger charge is -2.51. The Morgan fingerprint density at radius 2 is 0.703 bits per heavy atom. The first kappa shape index (κ1) is 92.7. The molecule has 0 saturated carbocycles. The molecule has 8 aliphatic rings. The second kappa shape index (κ2) is 41.1. The van der Waals surface area contributed by atoms with E-state index in [-0.39, 0.29) is 0 Å². The molecule has 8 rings (SSSR count). The molecule has 0 aliphatic carbocycles. The van der Waals surface area contributed by atoms with Crippen molar-refractivity contribution < 1.29 is 223 Å². The Balaban J connectivity index is 1.15. The summed E-state index contributed by atoms with van der Waals surface area (Å²) >= 11 is 0. The third kappa shape index (κ3) is 21.4. The van der Waals surface area contributed by atoms with Crippen molar-refractivity contribution in [2.45, 2.75) is 304 Å². The van der Waals surface area contributed by atoms with Crippen LogP contribution in [0.3, 0.4) is 0 Å². The summed E-state index contributed by atoms with van der Waals surface area (Å²) in [7, 11) is 0. The highest BCUT2D eigenvalue weighted by molar-refractivity contribution is 5.74. The molecule has 8 fully saturated rings. The van der Waals surface area contributed by atoms with E-state index in [1.54, 1.807) is 0 Å². The maximum absolute atomic E-state index is 13.1. The molecule has 111 heavy (non-hydrogen) atoms. The topological polar surface area (TPSA) is 770 Å². The number of aliphatic hydroxyl groups is 25. The van der Waals surface area contributed by atoms with Crippen LogP contribution in [0.25, 0.3) is 0 Å². The van der Waals surface area contributed by atoms with Crippen molar-refractivity contribution in [3.63, 3.8) is 0 Å². The van der Waals surface area contributed by atoms with Gasteiger partial charge in [-0.25, -0.2) is 0 Å². The summed E-state index contributed by atoms with van der Waals surface area (Å²) in [5.74, 6) is -3.67. The number of hydrogen-bond acceptors (Lipinski definition) is 45. The zero-order valence-electron chi connectivity index (χ0n) is 60.1. The molecule has 0 spiro atoms. The highest BCUT2D eigenvalue weighted by Gasteiger charge is 2.60. The van der Waals surface area contributed by atoms with Crippen molar-refractivity contribution in [3.8, 4) is 0 Å². The van der Waals surface area contributed by atoms with Gasteiger partial charge >= 0.3 is 0 Å². The fourth-order valence-electron chi connectivity index (χ4n) is 13.9. The molecule has 0 aromatic rings. The molecule has 49 heteroatoms. The van der Waals surface area contributed by atoms with E-state index < -0.39 is 353 Å². The van der Waals surface area contributed by atoms with Crippen LogP contribution in [0.1, 0.15) is 34.6 Å². The standard InChI is InChI=1S/C62H106N4O45/c1-15-32(79)42(89)46(93)58(98-15)96-13-21(78)49(33(80)20(6-67)63-16(2)74)106-56-30(65-18(4)76)40(87)51(27(12-73)103-56)108-60-48(95)52(38(85)28(105-60)14-97-61-53(44(91)36(83)24(9-70)101-61)110-55-29(64-17(3)75)39(86)34(81)22(7-68)99-55)109-62-54(45(92)37(84)25(10-71)102-62)111-57-31(66-19(5)77)41(88)50(26(11-72)104-57)107-59-47(94)43(90)35(82)23(8-69)100-59/h15,20-62,67-73,78-95H,6-14H2,1-5H3,(H,63,74)(H,64,75)(H,65,76)(H,66,77)/t15-,20-,21+,22+,23+,24+,25+,26+,27+,28+,29+,30+,31+,32+,33+,34+,35-,36+,37+,38+,39+,40+,41+,42+,43-,44-,45-,46-,47+,48-,49+,50+,51+,52-,53-,54-,55-,56-,57-,58+,59-,60-,61-,62+/m0/s1. The van der Waals surface area contributed by atoms with Crippen LogP contribution < -0.4 is 21.3 Å².